The number of hydrogen-bond acceptors (Lipinski definition) is 4. The summed E-state index contributed by atoms with van der Waals surface area (Å²) in [6.07, 6.45) is 0. The fourth-order valence-corrected chi connectivity index (χ4v) is 2.79. The van der Waals surface area contributed by atoms with Gasteiger partial charge in [-0.05, 0) is 61.7 Å². The van der Waals surface area contributed by atoms with Crippen molar-refractivity contribution in [2.45, 2.75) is 20.8 Å². The fraction of sp³-hybridized carbons (Fsp3) is 0.150. The zero-order valence-electron chi connectivity index (χ0n) is 14.8. The lowest BCUT2D eigenvalue weighted by Crippen LogP contribution is -2.25. The number of rotatable bonds is 3. The van der Waals surface area contributed by atoms with Crippen LogP contribution in [0.4, 0.5) is 5.69 Å². The SMILES string of the molecule is Cc1cc(C)cc(NC(=O)c2nn(-c3cccc(C)c3)c(=O)cc2O)c1. The van der Waals surface area contributed by atoms with Gasteiger partial charge in [0.1, 0.15) is 0 Å². The van der Waals surface area contributed by atoms with Gasteiger partial charge in [-0.1, -0.05) is 18.2 Å². The molecule has 0 aliphatic carbocycles. The maximum Gasteiger partial charge on any atom is 0.279 e. The van der Waals surface area contributed by atoms with Crippen molar-refractivity contribution >= 4 is 11.6 Å². The fourth-order valence-electron chi connectivity index (χ4n) is 2.79. The lowest BCUT2D eigenvalue weighted by molar-refractivity contribution is 0.101. The van der Waals surface area contributed by atoms with Crippen molar-refractivity contribution in [3.8, 4) is 11.4 Å². The topological polar surface area (TPSA) is 84.2 Å². The predicted octanol–water partition coefficient (Wildman–Crippen LogP) is 3.12. The Morgan fingerprint density at radius 3 is 2.35 bits per heavy atom. The van der Waals surface area contributed by atoms with Crippen molar-refractivity contribution < 1.29 is 9.90 Å². The lowest BCUT2D eigenvalue weighted by atomic mass is 10.1. The number of nitrogens with zero attached hydrogens (tertiary/aromatic N) is 2. The average Bonchev–Trinajstić information content (AvgIpc) is 2.53. The van der Waals surface area contributed by atoms with E-state index in [-0.39, 0.29) is 5.69 Å². The van der Waals surface area contributed by atoms with Gasteiger partial charge in [-0.25, -0.2) is 0 Å². The van der Waals surface area contributed by atoms with E-state index in [4.69, 9.17) is 0 Å². The largest absolute Gasteiger partial charge is 0.505 e. The number of anilines is 1. The van der Waals surface area contributed by atoms with Crippen LogP contribution in [0.2, 0.25) is 0 Å². The highest BCUT2D eigenvalue weighted by atomic mass is 16.3. The Bertz CT molecular complexity index is 1030. The standard InChI is InChI=1S/C20H19N3O3/c1-12-5-4-6-16(10-12)23-18(25)11-17(24)19(22-23)20(26)21-15-8-13(2)7-14(3)9-15/h4-11,24H,1-3H3,(H,21,26). The lowest BCUT2D eigenvalue weighted by Gasteiger charge is -2.11. The Morgan fingerprint density at radius 2 is 1.69 bits per heavy atom. The first-order valence-electron chi connectivity index (χ1n) is 8.13. The maximum absolute atomic E-state index is 12.6. The molecular formula is C20H19N3O3. The van der Waals surface area contributed by atoms with Gasteiger partial charge in [-0.2, -0.15) is 9.78 Å². The van der Waals surface area contributed by atoms with Crippen LogP contribution in [0, 0.1) is 20.8 Å². The van der Waals surface area contributed by atoms with Gasteiger partial charge < -0.3 is 10.4 Å². The number of aromatic hydroxyl groups is 1. The molecule has 0 radical (unpaired) electrons. The molecule has 0 aliphatic heterocycles. The summed E-state index contributed by atoms with van der Waals surface area (Å²) in [4.78, 5) is 24.8. The smallest absolute Gasteiger partial charge is 0.279 e. The van der Waals surface area contributed by atoms with Crippen molar-refractivity contribution in [3.05, 3.63) is 81.3 Å². The van der Waals surface area contributed by atoms with E-state index < -0.39 is 17.2 Å². The summed E-state index contributed by atoms with van der Waals surface area (Å²) in [5, 5.41) is 16.8. The van der Waals surface area contributed by atoms with Gasteiger partial charge in [0.15, 0.2) is 11.4 Å². The monoisotopic (exact) mass is 349 g/mol. The Morgan fingerprint density at radius 1 is 1.00 bits per heavy atom. The quantitative estimate of drug-likeness (QED) is 0.761. The second-order valence-electron chi connectivity index (χ2n) is 6.30. The van der Waals surface area contributed by atoms with Crippen molar-refractivity contribution in [1.82, 2.24) is 9.78 Å². The molecule has 0 fully saturated rings. The number of benzene rings is 2. The molecule has 3 rings (SSSR count). The molecular weight excluding hydrogens is 330 g/mol. The highest BCUT2D eigenvalue weighted by Gasteiger charge is 2.17. The molecule has 0 bridgehead atoms. The Kier molecular flexibility index (Phi) is 4.58. The third-order valence-electron chi connectivity index (χ3n) is 3.85. The number of nitrogens with one attached hydrogen (secondary N) is 1. The molecule has 0 unspecified atom stereocenters. The van der Waals surface area contributed by atoms with Gasteiger partial charge in [0, 0.05) is 11.8 Å². The normalized spacial score (nSPS) is 10.6. The summed E-state index contributed by atoms with van der Waals surface area (Å²) in [7, 11) is 0. The zero-order valence-corrected chi connectivity index (χ0v) is 14.8. The van der Waals surface area contributed by atoms with Crippen LogP contribution in [0.3, 0.4) is 0 Å². The summed E-state index contributed by atoms with van der Waals surface area (Å²) >= 11 is 0. The molecule has 1 aromatic heterocycles. The minimum Gasteiger partial charge on any atom is -0.505 e. The van der Waals surface area contributed by atoms with Crippen LogP contribution < -0.4 is 10.9 Å². The first-order valence-corrected chi connectivity index (χ1v) is 8.13. The summed E-state index contributed by atoms with van der Waals surface area (Å²) in [6, 6.07) is 13.8. The molecule has 6 nitrogen and oxygen atoms in total. The molecule has 0 spiro atoms. The van der Waals surface area contributed by atoms with E-state index in [2.05, 4.69) is 10.4 Å². The molecule has 3 aromatic rings. The number of aromatic nitrogens is 2. The molecule has 2 aromatic carbocycles. The average molecular weight is 349 g/mol. The highest BCUT2D eigenvalue weighted by Crippen LogP contribution is 2.18. The molecule has 1 amide bonds. The second kappa shape index (κ2) is 6.84. The van der Waals surface area contributed by atoms with Gasteiger partial charge in [0.2, 0.25) is 0 Å². The Balaban J connectivity index is 2.00. The molecule has 0 aliphatic rings. The predicted molar refractivity (Wildman–Crippen MR) is 100 cm³/mol. The van der Waals surface area contributed by atoms with Gasteiger partial charge in [-0.3, -0.25) is 9.59 Å². The molecule has 0 saturated heterocycles. The van der Waals surface area contributed by atoms with E-state index >= 15 is 0 Å². The van der Waals surface area contributed by atoms with Crippen molar-refractivity contribution in [2.75, 3.05) is 5.32 Å². The molecule has 132 valence electrons. The number of carbonyl (C=O) groups is 1. The number of hydrogen-bond donors (Lipinski definition) is 2. The van der Waals surface area contributed by atoms with Gasteiger partial charge >= 0.3 is 0 Å². The number of carbonyl (C=O) groups excluding carboxylic acids is 1. The Hall–Kier alpha value is -3.41. The van der Waals surface area contributed by atoms with Crippen LogP contribution in [-0.4, -0.2) is 20.8 Å². The number of aryl methyl sites for hydroxylation is 3. The van der Waals surface area contributed by atoms with Crippen molar-refractivity contribution in [2.24, 2.45) is 0 Å². The zero-order chi connectivity index (χ0) is 18.8. The Labute approximate surface area is 150 Å². The van der Waals surface area contributed by atoms with Gasteiger partial charge in [-0.15, -0.1) is 0 Å². The van der Waals surface area contributed by atoms with Crippen LogP contribution >= 0.6 is 0 Å². The number of amides is 1. The molecule has 2 N–H and O–H groups in total. The minimum atomic E-state index is -0.589. The third kappa shape index (κ3) is 3.64. The van der Waals surface area contributed by atoms with Crippen LogP contribution in [0.5, 0.6) is 5.75 Å². The van der Waals surface area contributed by atoms with E-state index in [0.29, 0.717) is 11.4 Å². The van der Waals surface area contributed by atoms with E-state index in [9.17, 15) is 14.7 Å². The van der Waals surface area contributed by atoms with Crippen molar-refractivity contribution in [3.63, 3.8) is 0 Å². The summed E-state index contributed by atoms with van der Waals surface area (Å²) in [5.74, 6) is -1.05. The first-order chi connectivity index (χ1) is 12.3. The third-order valence-corrected chi connectivity index (χ3v) is 3.85. The first kappa shape index (κ1) is 17.4. The summed E-state index contributed by atoms with van der Waals surface area (Å²) in [6.45, 7) is 5.75. The van der Waals surface area contributed by atoms with E-state index in [1.54, 1.807) is 18.2 Å². The van der Waals surface area contributed by atoms with E-state index in [1.807, 2.05) is 45.0 Å². The molecule has 1 heterocycles. The molecule has 0 saturated carbocycles. The minimum absolute atomic E-state index is 0.217. The van der Waals surface area contributed by atoms with E-state index in [0.717, 1.165) is 27.4 Å². The molecule has 0 atom stereocenters. The van der Waals surface area contributed by atoms with Crippen LogP contribution in [0.1, 0.15) is 27.2 Å². The molecule has 26 heavy (non-hydrogen) atoms. The highest BCUT2D eigenvalue weighted by molar-refractivity contribution is 6.04. The second-order valence-corrected chi connectivity index (χ2v) is 6.30. The van der Waals surface area contributed by atoms with Crippen LogP contribution in [0.25, 0.3) is 5.69 Å². The van der Waals surface area contributed by atoms with Crippen LogP contribution in [0.15, 0.2) is 53.3 Å². The summed E-state index contributed by atoms with van der Waals surface area (Å²) < 4.78 is 1.10. The van der Waals surface area contributed by atoms with E-state index in [1.165, 1.54) is 0 Å². The van der Waals surface area contributed by atoms with Gasteiger partial charge in [0.05, 0.1) is 5.69 Å². The maximum atomic E-state index is 12.6. The van der Waals surface area contributed by atoms with Crippen LogP contribution in [-0.2, 0) is 0 Å². The summed E-state index contributed by atoms with van der Waals surface area (Å²) in [5.41, 5.74) is 3.34. The molecule has 6 heteroatoms. The van der Waals surface area contributed by atoms with Crippen molar-refractivity contribution in [1.29, 1.82) is 0 Å². The van der Waals surface area contributed by atoms with Gasteiger partial charge in [0.25, 0.3) is 11.5 Å².